The monoisotopic (exact) mass is 276 g/mol. The molecule has 17 heavy (non-hydrogen) atoms. The van der Waals surface area contributed by atoms with E-state index in [1.807, 2.05) is 0 Å². The number of hydrogen-bond acceptors (Lipinski definition) is 5. The summed E-state index contributed by atoms with van der Waals surface area (Å²) in [6.45, 7) is 0. The third-order valence-electron chi connectivity index (χ3n) is 1.81. The zero-order valence-corrected chi connectivity index (χ0v) is 10.7. The van der Waals surface area contributed by atoms with Gasteiger partial charge in [-0.3, -0.25) is 4.79 Å². The van der Waals surface area contributed by atoms with Crippen LogP contribution < -0.4 is 3.71 Å². The fourth-order valence-electron chi connectivity index (χ4n) is 1.32. The van der Waals surface area contributed by atoms with Crippen LogP contribution in [0.3, 0.4) is 0 Å². The number of hydrogen-bond donors (Lipinski definition) is 0. The lowest BCUT2D eigenvalue weighted by Crippen LogP contribution is -2.35. The number of carbonyl (C=O) groups excluding carboxylic acids is 1. The van der Waals surface area contributed by atoms with E-state index in [0.717, 1.165) is 12.5 Å². The summed E-state index contributed by atoms with van der Waals surface area (Å²) in [6.07, 6.45) is 2.99. The Labute approximate surface area is 100.0 Å². The summed E-state index contributed by atoms with van der Waals surface area (Å²) in [6, 6.07) is 5.42. The molecule has 0 N–H and O–H groups in total. The van der Waals surface area contributed by atoms with Gasteiger partial charge in [-0.1, -0.05) is 12.1 Å². The third-order valence-corrected chi connectivity index (χ3v) is 5.04. The van der Waals surface area contributed by atoms with Gasteiger partial charge in [0.25, 0.3) is 0 Å². The Balaban J connectivity index is 3.61. The lowest BCUT2D eigenvalue weighted by atomic mass is 10.2. The molecule has 6 nitrogen and oxygen atoms in total. The molecule has 1 aromatic rings. The van der Waals surface area contributed by atoms with Crippen molar-refractivity contribution in [3.05, 3.63) is 29.8 Å². The van der Waals surface area contributed by atoms with Crippen molar-refractivity contribution >= 4 is 32.0 Å². The van der Waals surface area contributed by atoms with Gasteiger partial charge in [0, 0.05) is 0 Å². The fraction of sp³-hybridized carbons (Fsp3) is 0.222. The van der Waals surface area contributed by atoms with Crippen molar-refractivity contribution in [3.63, 3.8) is 0 Å². The molecule has 0 saturated heterocycles. The predicted molar refractivity (Wildman–Crippen MR) is 63.4 cm³/mol. The second-order valence-electron chi connectivity index (χ2n) is 3.34. The second kappa shape index (κ2) is 4.46. The average Bonchev–Trinajstić information content (AvgIpc) is 2.14. The van der Waals surface area contributed by atoms with Crippen molar-refractivity contribution < 1.29 is 21.6 Å². The number of rotatable bonds is 4. The van der Waals surface area contributed by atoms with E-state index in [-0.39, 0.29) is 15.0 Å². The Morgan fingerprint density at radius 2 is 1.47 bits per heavy atom. The van der Waals surface area contributed by atoms with Gasteiger partial charge in [0.15, 0.2) is 0 Å². The summed E-state index contributed by atoms with van der Waals surface area (Å²) in [5, 5.41) is 0. The lowest BCUT2D eigenvalue weighted by Gasteiger charge is -2.20. The molecular formula is C9H10NO5S2. The Kier molecular flexibility index (Phi) is 3.58. The van der Waals surface area contributed by atoms with Crippen LogP contribution in [0.1, 0.15) is 5.56 Å². The smallest absolute Gasteiger partial charge is 0.245 e. The van der Waals surface area contributed by atoms with E-state index in [0.29, 0.717) is 0 Å². The minimum atomic E-state index is -4.04. The molecule has 0 aromatic heterocycles. The summed E-state index contributed by atoms with van der Waals surface area (Å²) >= 11 is 0. The molecule has 0 bridgehead atoms. The first-order chi connectivity index (χ1) is 7.68. The molecule has 0 spiro atoms. The Morgan fingerprint density at radius 1 is 1.00 bits per heavy atom. The van der Waals surface area contributed by atoms with E-state index < -0.39 is 20.0 Å². The van der Waals surface area contributed by atoms with Gasteiger partial charge in [-0.2, -0.15) is 3.71 Å². The van der Waals surface area contributed by atoms with Crippen LogP contribution in [0.5, 0.6) is 0 Å². The van der Waals surface area contributed by atoms with Gasteiger partial charge in [0.1, 0.15) is 0 Å². The Hall–Kier alpha value is -1.41. The zero-order valence-electron chi connectivity index (χ0n) is 9.11. The van der Waals surface area contributed by atoms with Crippen molar-refractivity contribution in [2.75, 3.05) is 16.2 Å². The minimum absolute atomic E-state index is 0.136. The van der Waals surface area contributed by atoms with Gasteiger partial charge < -0.3 is 0 Å². The lowest BCUT2D eigenvalue weighted by molar-refractivity contribution is 0.563. The highest BCUT2D eigenvalue weighted by Gasteiger charge is 2.29. The first-order valence-electron chi connectivity index (χ1n) is 4.35. The highest BCUT2D eigenvalue weighted by Crippen LogP contribution is 2.23. The molecule has 0 fully saturated rings. The highest BCUT2D eigenvalue weighted by atomic mass is 32.3. The first kappa shape index (κ1) is 13.7. The molecule has 93 valence electrons. The molecule has 0 unspecified atom stereocenters. The number of para-hydroxylation sites is 1. The molecule has 0 aliphatic carbocycles. The van der Waals surface area contributed by atoms with E-state index in [2.05, 4.69) is 0 Å². The van der Waals surface area contributed by atoms with E-state index in [4.69, 9.17) is 0 Å². The van der Waals surface area contributed by atoms with Crippen LogP contribution >= 0.6 is 0 Å². The molecule has 1 radical (unpaired) electrons. The van der Waals surface area contributed by atoms with E-state index in [9.17, 15) is 21.6 Å². The van der Waals surface area contributed by atoms with E-state index in [1.165, 1.54) is 30.6 Å². The number of anilines is 1. The van der Waals surface area contributed by atoms with Crippen molar-refractivity contribution in [2.45, 2.75) is 0 Å². The molecule has 0 aliphatic heterocycles. The summed E-state index contributed by atoms with van der Waals surface area (Å²) in [7, 11) is -8.08. The van der Waals surface area contributed by atoms with Crippen LogP contribution in [0, 0.1) is 0 Å². The number of sulfonamides is 2. The molecule has 0 heterocycles. The van der Waals surface area contributed by atoms with Crippen LogP contribution in [-0.2, 0) is 24.8 Å². The fourth-order valence-corrected chi connectivity index (χ4v) is 4.32. The molecular weight excluding hydrogens is 266 g/mol. The third kappa shape index (κ3) is 3.04. The molecule has 0 amide bonds. The maximum atomic E-state index is 11.5. The summed E-state index contributed by atoms with van der Waals surface area (Å²) < 4.78 is 46.1. The van der Waals surface area contributed by atoms with Gasteiger partial charge in [-0.15, -0.1) is 0 Å². The molecule has 0 aliphatic rings. The van der Waals surface area contributed by atoms with Crippen molar-refractivity contribution in [1.29, 1.82) is 0 Å². The SMILES string of the molecule is CS(=O)(=O)N(c1ccccc1[C]=O)S(C)(=O)=O. The summed E-state index contributed by atoms with van der Waals surface area (Å²) in [5.74, 6) is 0. The van der Waals surface area contributed by atoms with E-state index in [1.54, 1.807) is 0 Å². The standard InChI is InChI=1S/C9H10NO5S2/c1-16(12,13)10(17(2,14)15)9-6-4-3-5-8(9)7-11/h3-6H,1-2H3. The van der Waals surface area contributed by atoms with Crippen LogP contribution in [-0.4, -0.2) is 35.6 Å². The van der Waals surface area contributed by atoms with Gasteiger partial charge in [-0.25, -0.2) is 16.8 Å². The molecule has 1 aromatic carbocycles. The number of benzene rings is 1. The summed E-state index contributed by atoms with van der Waals surface area (Å²) in [5.41, 5.74) is -0.365. The number of nitrogens with zero attached hydrogens (tertiary/aromatic N) is 1. The normalized spacial score (nSPS) is 12.1. The zero-order chi connectivity index (χ0) is 13.3. The predicted octanol–water partition coefficient (Wildman–Crippen LogP) is -0.130. The van der Waals surface area contributed by atoms with Crippen molar-refractivity contribution in [2.24, 2.45) is 0 Å². The Bertz CT molecular complexity index is 601. The molecule has 0 saturated carbocycles. The van der Waals surface area contributed by atoms with Crippen LogP contribution in [0.15, 0.2) is 24.3 Å². The molecule has 1 rings (SSSR count). The van der Waals surface area contributed by atoms with Gasteiger partial charge in [0.2, 0.25) is 26.3 Å². The van der Waals surface area contributed by atoms with Gasteiger partial charge >= 0.3 is 0 Å². The average molecular weight is 276 g/mol. The van der Waals surface area contributed by atoms with Crippen LogP contribution in [0.4, 0.5) is 5.69 Å². The van der Waals surface area contributed by atoms with Crippen LogP contribution in [0.25, 0.3) is 0 Å². The van der Waals surface area contributed by atoms with Gasteiger partial charge in [-0.05, 0) is 12.1 Å². The maximum absolute atomic E-state index is 11.5. The van der Waals surface area contributed by atoms with Crippen molar-refractivity contribution in [3.8, 4) is 0 Å². The topological polar surface area (TPSA) is 88.6 Å². The minimum Gasteiger partial charge on any atom is -0.285 e. The Morgan fingerprint density at radius 3 is 1.88 bits per heavy atom. The highest BCUT2D eigenvalue weighted by molar-refractivity contribution is 8.09. The second-order valence-corrected chi connectivity index (χ2v) is 7.24. The molecule has 8 heteroatoms. The van der Waals surface area contributed by atoms with Crippen LogP contribution in [0.2, 0.25) is 0 Å². The van der Waals surface area contributed by atoms with Crippen molar-refractivity contribution in [1.82, 2.24) is 0 Å². The van der Waals surface area contributed by atoms with Gasteiger partial charge in [0.05, 0.1) is 23.8 Å². The first-order valence-corrected chi connectivity index (χ1v) is 8.05. The maximum Gasteiger partial charge on any atom is 0.245 e. The molecule has 0 atom stereocenters. The summed E-state index contributed by atoms with van der Waals surface area (Å²) in [4.78, 5) is 10.6. The quantitative estimate of drug-likeness (QED) is 0.764. The van der Waals surface area contributed by atoms with E-state index >= 15 is 0 Å². The largest absolute Gasteiger partial charge is 0.285 e.